The lowest BCUT2D eigenvalue weighted by Crippen LogP contribution is -2.15. The minimum atomic E-state index is -0.380. The van der Waals surface area contributed by atoms with Crippen LogP contribution in [0.3, 0.4) is 0 Å². The van der Waals surface area contributed by atoms with E-state index in [1.165, 1.54) is 11.3 Å². The summed E-state index contributed by atoms with van der Waals surface area (Å²) in [4.78, 5) is 25.4. The molecule has 140 valence electrons. The van der Waals surface area contributed by atoms with E-state index in [1.807, 2.05) is 31.2 Å². The lowest BCUT2D eigenvalue weighted by molar-refractivity contribution is 0.0526. The number of carbonyl (C=O) groups is 2. The second kappa shape index (κ2) is 7.40. The molecular formula is C20H19NO4S2. The summed E-state index contributed by atoms with van der Waals surface area (Å²) in [6.45, 7) is 3.94. The Morgan fingerprint density at radius 2 is 2.11 bits per heavy atom. The predicted octanol–water partition coefficient (Wildman–Crippen LogP) is 5.27. The van der Waals surface area contributed by atoms with Crippen LogP contribution in [-0.2, 0) is 11.2 Å². The van der Waals surface area contributed by atoms with Crippen molar-refractivity contribution in [3.05, 3.63) is 46.7 Å². The van der Waals surface area contributed by atoms with E-state index in [0.717, 1.165) is 39.3 Å². The molecule has 1 amide bonds. The maximum absolute atomic E-state index is 12.9. The number of amides is 1. The zero-order valence-electron chi connectivity index (χ0n) is 15.1. The SMILES string of the molecule is CCOC(=O)c1c(NC(=O)c2oc3ccccc3c2C)sc2c1CCCS2. The molecule has 0 bridgehead atoms. The number of rotatable bonds is 4. The quantitative estimate of drug-likeness (QED) is 0.603. The number of furan rings is 1. The van der Waals surface area contributed by atoms with E-state index in [2.05, 4.69) is 5.32 Å². The van der Waals surface area contributed by atoms with E-state index in [1.54, 1.807) is 18.7 Å². The van der Waals surface area contributed by atoms with Crippen LogP contribution in [0.15, 0.2) is 32.9 Å². The van der Waals surface area contributed by atoms with Crippen LogP contribution in [0.2, 0.25) is 0 Å². The Hall–Kier alpha value is -2.25. The van der Waals surface area contributed by atoms with Crippen molar-refractivity contribution in [2.24, 2.45) is 0 Å². The molecule has 5 nitrogen and oxygen atoms in total. The minimum absolute atomic E-state index is 0.269. The third kappa shape index (κ3) is 3.26. The number of ether oxygens (including phenoxy) is 1. The van der Waals surface area contributed by atoms with Crippen molar-refractivity contribution in [1.82, 2.24) is 0 Å². The molecule has 0 saturated heterocycles. The normalized spacial score (nSPS) is 13.4. The van der Waals surface area contributed by atoms with Gasteiger partial charge in [0, 0.05) is 10.9 Å². The lowest BCUT2D eigenvalue weighted by Gasteiger charge is -2.11. The van der Waals surface area contributed by atoms with Gasteiger partial charge in [-0.1, -0.05) is 18.2 Å². The van der Waals surface area contributed by atoms with Crippen molar-refractivity contribution >= 4 is 50.9 Å². The van der Waals surface area contributed by atoms with Gasteiger partial charge in [0.25, 0.3) is 5.91 Å². The second-order valence-corrected chi connectivity index (χ2v) is 8.64. The van der Waals surface area contributed by atoms with E-state index >= 15 is 0 Å². The van der Waals surface area contributed by atoms with Crippen LogP contribution in [-0.4, -0.2) is 24.2 Å². The molecule has 7 heteroatoms. The summed E-state index contributed by atoms with van der Waals surface area (Å²) >= 11 is 3.17. The molecule has 0 fully saturated rings. The number of carbonyl (C=O) groups excluding carboxylic acids is 2. The number of hydrogen-bond donors (Lipinski definition) is 1. The molecule has 3 heterocycles. The average molecular weight is 402 g/mol. The van der Waals surface area contributed by atoms with Gasteiger partial charge >= 0.3 is 5.97 Å². The van der Waals surface area contributed by atoms with Gasteiger partial charge < -0.3 is 14.5 Å². The summed E-state index contributed by atoms with van der Waals surface area (Å²) in [5, 5.41) is 4.35. The molecule has 4 rings (SSSR count). The number of benzene rings is 1. The molecule has 1 aliphatic heterocycles. The molecular weight excluding hydrogens is 382 g/mol. The van der Waals surface area contributed by atoms with Gasteiger partial charge in [-0.3, -0.25) is 4.79 Å². The Labute approximate surface area is 165 Å². The van der Waals surface area contributed by atoms with E-state index in [9.17, 15) is 9.59 Å². The summed E-state index contributed by atoms with van der Waals surface area (Å²) in [7, 11) is 0. The number of hydrogen-bond acceptors (Lipinski definition) is 6. The number of anilines is 1. The van der Waals surface area contributed by atoms with Gasteiger partial charge in [0.15, 0.2) is 5.76 Å². The van der Waals surface area contributed by atoms with Crippen molar-refractivity contribution in [2.45, 2.75) is 30.9 Å². The van der Waals surface area contributed by atoms with Gasteiger partial charge in [-0.25, -0.2) is 4.79 Å². The first-order valence-electron chi connectivity index (χ1n) is 8.85. The summed E-state index contributed by atoms with van der Waals surface area (Å²) in [6, 6.07) is 7.55. The fourth-order valence-electron chi connectivity index (χ4n) is 3.26. The Morgan fingerprint density at radius 3 is 2.89 bits per heavy atom. The molecule has 0 atom stereocenters. The molecule has 0 aliphatic carbocycles. The summed E-state index contributed by atoms with van der Waals surface area (Å²) in [6.07, 6.45) is 1.84. The van der Waals surface area contributed by atoms with Crippen molar-refractivity contribution in [1.29, 1.82) is 0 Å². The second-order valence-electron chi connectivity index (χ2n) is 6.25. The van der Waals surface area contributed by atoms with Crippen molar-refractivity contribution in [3.63, 3.8) is 0 Å². The number of nitrogens with one attached hydrogen (secondary N) is 1. The molecule has 0 spiro atoms. The Morgan fingerprint density at radius 1 is 1.30 bits per heavy atom. The van der Waals surface area contributed by atoms with Gasteiger partial charge in [-0.2, -0.15) is 0 Å². The molecule has 2 aromatic heterocycles. The Balaban J connectivity index is 1.71. The van der Waals surface area contributed by atoms with Crippen molar-refractivity contribution < 1.29 is 18.7 Å². The monoisotopic (exact) mass is 401 g/mol. The van der Waals surface area contributed by atoms with Gasteiger partial charge in [-0.05, 0) is 44.1 Å². The van der Waals surface area contributed by atoms with Gasteiger partial charge in [0.1, 0.15) is 10.6 Å². The molecule has 3 aromatic rings. The van der Waals surface area contributed by atoms with Gasteiger partial charge in [0.2, 0.25) is 0 Å². The van der Waals surface area contributed by atoms with Gasteiger partial charge in [-0.15, -0.1) is 23.1 Å². The number of thiophene rings is 1. The number of fused-ring (bicyclic) bond motifs is 2. The first-order valence-corrected chi connectivity index (χ1v) is 10.7. The molecule has 1 aromatic carbocycles. The van der Waals surface area contributed by atoms with E-state index < -0.39 is 0 Å². The highest BCUT2D eigenvalue weighted by Gasteiger charge is 2.29. The number of esters is 1. The lowest BCUT2D eigenvalue weighted by atomic mass is 10.1. The fourth-order valence-corrected chi connectivity index (χ4v) is 5.81. The topological polar surface area (TPSA) is 68.5 Å². The van der Waals surface area contributed by atoms with Crippen molar-refractivity contribution in [3.8, 4) is 0 Å². The smallest absolute Gasteiger partial charge is 0.341 e. The maximum atomic E-state index is 12.9. The van der Waals surface area contributed by atoms with E-state index in [-0.39, 0.29) is 17.6 Å². The summed E-state index contributed by atoms with van der Waals surface area (Å²) in [5.41, 5.74) is 2.95. The van der Waals surface area contributed by atoms with Crippen LogP contribution in [0, 0.1) is 6.92 Å². The third-order valence-corrected chi connectivity index (χ3v) is 7.08. The zero-order chi connectivity index (χ0) is 19.0. The maximum Gasteiger partial charge on any atom is 0.341 e. The Kier molecular flexibility index (Phi) is 4.97. The van der Waals surface area contributed by atoms with Crippen LogP contribution in [0.5, 0.6) is 0 Å². The number of para-hydroxylation sites is 1. The molecule has 0 radical (unpaired) electrons. The van der Waals surface area contributed by atoms with Crippen LogP contribution in [0.25, 0.3) is 11.0 Å². The number of aryl methyl sites for hydroxylation is 1. The standard InChI is InChI=1S/C20H19NO4S2/c1-3-24-19(23)15-13-8-6-10-26-20(13)27-18(15)21-17(22)16-11(2)12-7-4-5-9-14(12)25-16/h4-5,7,9H,3,6,8,10H2,1-2H3,(H,21,22). The Bertz CT molecular complexity index is 1030. The molecule has 27 heavy (non-hydrogen) atoms. The molecule has 0 saturated carbocycles. The summed E-state index contributed by atoms with van der Waals surface area (Å²) < 4.78 is 12.1. The highest BCUT2D eigenvalue weighted by molar-refractivity contribution is 8.01. The first-order chi connectivity index (χ1) is 13.1. The zero-order valence-corrected chi connectivity index (χ0v) is 16.7. The number of thioether (sulfide) groups is 1. The largest absolute Gasteiger partial charge is 0.462 e. The van der Waals surface area contributed by atoms with E-state index in [4.69, 9.17) is 9.15 Å². The van der Waals surface area contributed by atoms with Crippen LogP contribution >= 0.6 is 23.1 Å². The average Bonchev–Trinajstić information content (AvgIpc) is 3.20. The molecule has 1 N–H and O–H groups in total. The fraction of sp³-hybridized carbons (Fsp3) is 0.300. The van der Waals surface area contributed by atoms with Crippen LogP contribution < -0.4 is 5.32 Å². The van der Waals surface area contributed by atoms with Gasteiger partial charge in [0.05, 0.1) is 16.4 Å². The highest BCUT2D eigenvalue weighted by Crippen LogP contribution is 2.44. The van der Waals surface area contributed by atoms with E-state index in [0.29, 0.717) is 22.8 Å². The third-order valence-electron chi connectivity index (χ3n) is 4.53. The minimum Gasteiger partial charge on any atom is -0.462 e. The molecule has 0 unspecified atom stereocenters. The van der Waals surface area contributed by atoms with Crippen LogP contribution in [0.1, 0.15) is 45.4 Å². The van der Waals surface area contributed by atoms with Crippen molar-refractivity contribution in [2.75, 3.05) is 17.7 Å². The highest BCUT2D eigenvalue weighted by atomic mass is 32.2. The predicted molar refractivity (Wildman–Crippen MR) is 108 cm³/mol. The first kappa shape index (κ1) is 18.1. The van der Waals surface area contributed by atoms with Crippen LogP contribution in [0.4, 0.5) is 5.00 Å². The molecule has 1 aliphatic rings. The summed E-state index contributed by atoms with van der Waals surface area (Å²) in [5.74, 6) is 0.559.